The van der Waals surface area contributed by atoms with Gasteiger partial charge in [-0.1, -0.05) is 117 Å². The van der Waals surface area contributed by atoms with Crippen molar-refractivity contribution < 1.29 is 27.6 Å². The Morgan fingerprint density at radius 2 is 1.20 bits per heavy atom. The van der Waals surface area contributed by atoms with Gasteiger partial charge in [-0.15, -0.1) is 29.8 Å². The first-order valence-corrected chi connectivity index (χ1v) is 17.4. The molecule has 5 heteroatoms. The molecule has 2 heterocycles. The van der Waals surface area contributed by atoms with Gasteiger partial charge >= 0.3 is 0 Å². The fraction of sp³-hybridized carbons (Fsp3) is 0.261. The van der Waals surface area contributed by atoms with E-state index in [1.165, 1.54) is 11.1 Å². The van der Waals surface area contributed by atoms with Crippen molar-refractivity contribution >= 4 is 17.2 Å². The maximum atomic E-state index is 11.3. The van der Waals surface area contributed by atoms with E-state index in [1.807, 2.05) is 54.7 Å². The van der Waals surface area contributed by atoms with Crippen molar-refractivity contribution in [2.24, 2.45) is 0 Å². The van der Waals surface area contributed by atoms with E-state index in [4.69, 9.17) is 9.97 Å². The standard InChI is InChI=1S/C46H48N3O.Pt.H2/c1-44(2,3)34-21-22-42(50)39(30-34)41-28-33(32-24-35(45(4,5)6)29-36(25-32)46(7,8)9)27-40(48-41)31-16-15-19-38(26-31)49(37-17-11-10-12-18-37)43-20-13-14-23-47-43;;/h10-25,27-30,50H,1-9H3;;1H/q-1;;/i;;1+1. The van der Waals surface area contributed by atoms with Crippen molar-refractivity contribution in [3.05, 3.63) is 144 Å². The molecule has 1 N–H and O–H groups in total. The van der Waals surface area contributed by atoms with Crippen molar-refractivity contribution in [1.29, 1.82) is 0 Å². The predicted molar refractivity (Wildman–Crippen MR) is 212 cm³/mol. The van der Waals surface area contributed by atoms with Crippen LogP contribution in [0.25, 0.3) is 33.6 Å². The molecule has 0 spiro atoms. The number of nitrogens with zero attached hydrogens (tertiary/aromatic N) is 3. The number of phenolic OH excluding ortho intramolecular Hbond substituents is 1. The molecule has 0 unspecified atom stereocenters. The normalized spacial score (nSPS) is 11.9. The molecule has 0 fully saturated rings. The summed E-state index contributed by atoms with van der Waals surface area (Å²) in [6.45, 7) is 20.1. The molecule has 51 heavy (non-hydrogen) atoms. The zero-order valence-electron chi connectivity index (χ0n) is 31.2. The molecule has 0 aliphatic heterocycles. The van der Waals surface area contributed by atoms with E-state index < -0.39 is 0 Å². The number of aromatic nitrogens is 2. The third kappa shape index (κ3) is 8.51. The van der Waals surface area contributed by atoms with E-state index in [9.17, 15) is 5.11 Å². The summed E-state index contributed by atoms with van der Waals surface area (Å²) in [4.78, 5) is 12.1. The van der Waals surface area contributed by atoms with Gasteiger partial charge in [-0.05, 0) is 97.9 Å². The van der Waals surface area contributed by atoms with E-state index in [2.05, 4.69) is 134 Å². The monoisotopic (exact) mass is 856 g/mol. The van der Waals surface area contributed by atoms with E-state index in [1.54, 1.807) is 6.07 Å². The third-order valence-electron chi connectivity index (χ3n) is 9.15. The fourth-order valence-electron chi connectivity index (χ4n) is 6.04. The summed E-state index contributed by atoms with van der Waals surface area (Å²) in [5.41, 5.74) is 10.5. The van der Waals surface area contributed by atoms with Crippen LogP contribution in [0.15, 0.2) is 121 Å². The number of para-hydroxylation sites is 1. The molecule has 0 aliphatic rings. The minimum absolute atomic E-state index is 0. The van der Waals surface area contributed by atoms with Crippen molar-refractivity contribution in [2.75, 3.05) is 4.90 Å². The van der Waals surface area contributed by atoms with Crippen LogP contribution in [0, 0.1) is 6.07 Å². The van der Waals surface area contributed by atoms with E-state index in [0.717, 1.165) is 45.1 Å². The molecule has 0 saturated carbocycles. The molecular formula is C46H50N3OPt-. The Labute approximate surface area is 320 Å². The Hall–Kier alpha value is -4.53. The molecule has 0 aliphatic carbocycles. The summed E-state index contributed by atoms with van der Waals surface area (Å²) in [6, 6.07) is 43.1. The average molecular weight is 857 g/mol. The van der Waals surface area contributed by atoms with Gasteiger partial charge in [0.15, 0.2) is 0 Å². The SMILES string of the molecule is CC(C)(C)c1cc(-c2cc(-c3[c-]c(N(c4ccccc4)c4ccccn4)ccc3)nc(-c3cc(C(C)(C)C)ccc3O)c2)cc(C(C)(C)C)c1.[2HH].[Pt]. The van der Waals surface area contributed by atoms with Crippen LogP contribution in [0.5, 0.6) is 5.75 Å². The van der Waals surface area contributed by atoms with Crippen LogP contribution in [-0.2, 0) is 37.3 Å². The number of pyridine rings is 2. The van der Waals surface area contributed by atoms with Crippen LogP contribution in [0.2, 0.25) is 0 Å². The average Bonchev–Trinajstić information content (AvgIpc) is 3.08. The first-order valence-electron chi connectivity index (χ1n) is 17.4. The van der Waals surface area contributed by atoms with Gasteiger partial charge in [0.05, 0.1) is 5.69 Å². The molecule has 0 saturated heterocycles. The van der Waals surface area contributed by atoms with Gasteiger partial charge in [-0.25, -0.2) is 4.98 Å². The molecule has 0 radical (unpaired) electrons. The van der Waals surface area contributed by atoms with Gasteiger partial charge in [0.2, 0.25) is 0 Å². The molecule has 0 bridgehead atoms. The number of hydrogen-bond acceptors (Lipinski definition) is 4. The molecule has 0 amide bonds. The van der Waals surface area contributed by atoms with Crippen LogP contribution >= 0.6 is 0 Å². The fourth-order valence-corrected chi connectivity index (χ4v) is 6.04. The number of anilines is 3. The smallest absolute Gasteiger partial charge is 0.136 e. The van der Waals surface area contributed by atoms with Crippen LogP contribution in [0.3, 0.4) is 0 Å². The van der Waals surface area contributed by atoms with Crippen LogP contribution in [-0.4, -0.2) is 15.1 Å². The second kappa shape index (κ2) is 14.6. The Kier molecular flexibility index (Phi) is 10.8. The molecule has 2 aromatic heterocycles. The topological polar surface area (TPSA) is 49.2 Å². The van der Waals surface area contributed by atoms with E-state index in [0.29, 0.717) is 11.3 Å². The largest absolute Gasteiger partial charge is 0.507 e. The Morgan fingerprint density at radius 3 is 1.80 bits per heavy atom. The molecule has 4 nitrogen and oxygen atoms in total. The van der Waals surface area contributed by atoms with Gasteiger partial charge in [-0.2, -0.15) is 0 Å². The zero-order chi connectivity index (χ0) is 35.8. The van der Waals surface area contributed by atoms with Gasteiger partial charge in [0.25, 0.3) is 0 Å². The molecule has 4 aromatic carbocycles. The van der Waals surface area contributed by atoms with Crippen LogP contribution in [0.1, 0.15) is 80.4 Å². The summed E-state index contributed by atoms with van der Waals surface area (Å²) in [5.74, 6) is 1.00. The number of rotatable bonds is 6. The van der Waals surface area contributed by atoms with Crippen LogP contribution < -0.4 is 4.90 Å². The first kappa shape index (κ1) is 37.7. The van der Waals surface area contributed by atoms with Gasteiger partial charge in [-0.3, -0.25) is 4.98 Å². The van der Waals surface area contributed by atoms with E-state index >= 15 is 0 Å². The summed E-state index contributed by atoms with van der Waals surface area (Å²) < 4.78 is 0. The predicted octanol–water partition coefficient (Wildman–Crippen LogP) is 12.6. The molecule has 6 aromatic rings. The molecule has 6 rings (SSSR count). The number of hydrogen-bond donors (Lipinski definition) is 1. The van der Waals surface area contributed by atoms with Gasteiger partial charge < -0.3 is 10.0 Å². The second-order valence-electron chi connectivity index (χ2n) is 16.2. The summed E-state index contributed by atoms with van der Waals surface area (Å²) in [6.07, 6.45) is 1.81. The Morgan fingerprint density at radius 1 is 0.588 bits per heavy atom. The van der Waals surface area contributed by atoms with Gasteiger partial charge in [0, 0.05) is 39.9 Å². The quantitative estimate of drug-likeness (QED) is 0.170. The summed E-state index contributed by atoms with van der Waals surface area (Å²) >= 11 is 0. The minimum Gasteiger partial charge on any atom is -0.507 e. The maximum Gasteiger partial charge on any atom is 0.136 e. The Balaban J connectivity index is 0.00000302. The minimum atomic E-state index is -0.0972. The van der Waals surface area contributed by atoms with Crippen molar-refractivity contribution in [3.63, 3.8) is 0 Å². The second-order valence-corrected chi connectivity index (χ2v) is 16.2. The van der Waals surface area contributed by atoms with Gasteiger partial charge in [0.1, 0.15) is 11.6 Å². The maximum absolute atomic E-state index is 11.3. The molecular weight excluding hydrogens is 806 g/mol. The summed E-state index contributed by atoms with van der Waals surface area (Å²) in [7, 11) is 0. The molecule has 266 valence electrons. The number of benzene rings is 4. The third-order valence-corrected chi connectivity index (χ3v) is 9.15. The summed E-state index contributed by atoms with van der Waals surface area (Å²) in [5, 5.41) is 11.3. The van der Waals surface area contributed by atoms with Crippen LogP contribution in [0.4, 0.5) is 17.2 Å². The zero-order valence-corrected chi connectivity index (χ0v) is 33.4. The van der Waals surface area contributed by atoms with Crippen molar-refractivity contribution in [2.45, 2.75) is 78.6 Å². The first-order chi connectivity index (χ1) is 23.6. The molecule has 0 atom stereocenters. The number of aromatic hydroxyl groups is 1. The van der Waals surface area contributed by atoms with Crippen molar-refractivity contribution in [1.82, 2.24) is 9.97 Å². The van der Waals surface area contributed by atoms with E-state index in [-0.39, 0.29) is 44.5 Å². The number of phenols is 1. The van der Waals surface area contributed by atoms with Crippen molar-refractivity contribution in [3.8, 4) is 39.4 Å². The Bertz CT molecular complexity index is 2060.